The number of ether oxygens (including phenoxy) is 1. The summed E-state index contributed by atoms with van der Waals surface area (Å²) < 4.78 is 4.57. The highest BCUT2D eigenvalue weighted by atomic mass is 79.9. The van der Waals surface area contributed by atoms with Crippen LogP contribution in [0.4, 0.5) is 5.69 Å². The van der Waals surface area contributed by atoms with Gasteiger partial charge in [0.2, 0.25) is 0 Å². The molecule has 5 nitrogen and oxygen atoms in total. The number of esters is 1. The molecule has 0 fully saturated rings. The zero-order valence-electron chi connectivity index (χ0n) is 9.47. The van der Waals surface area contributed by atoms with Gasteiger partial charge in [-0.15, -0.1) is 0 Å². The Labute approximate surface area is 107 Å². The van der Waals surface area contributed by atoms with Gasteiger partial charge in [-0.3, -0.25) is 14.9 Å². The molecular weight excluding hydrogens is 290 g/mol. The summed E-state index contributed by atoms with van der Waals surface area (Å²) in [6.45, 7) is 1.67. The minimum Gasteiger partial charge on any atom is -0.468 e. The number of halogens is 1. The summed E-state index contributed by atoms with van der Waals surface area (Å²) in [5.74, 6) is -0.395. The Morgan fingerprint density at radius 1 is 1.59 bits per heavy atom. The van der Waals surface area contributed by atoms with E-state index in [0.717, 1.165) is 5.56 Å². The van der Waals surface area contributed by atoms with Crippen LogP contribution in [0.5, 0.6) is 0 Å². The molecule has 92 valence electrons. The Hall–Kier alpha value is -1.43. The zero-order chi connectivity index (χ0) is 13.0. The molecule has 0 heterocycles. The predicted octanol–water partition coefficient (Wildman–Crippen LogP) is 2.38. The molecule has 1 aromatic rings. The van der Waals surface area contributed by atoms with E-state index in [-0.39, 0.29) is 5.69 Å². The molecule has 1 rings (SSSR count). The molecular formula is C11H12BrNO4. The molecule has 1 atom stereocenters. The number of carbonyl (C=O) groups is 1. The second-order valence-electron chi connectivity index (χ2n) is 3.57. The largest absolute Gasteiger partial charge is 0.468 e. The first-order chi connectivity index (χ1) is 7.95. The molecule has 0 aliphatic carbocycles. The summed E-state index contributed by atoms with van der Waals surface area (Å²) in [6, 6.07) is 4.91. The van der Waals surface area contributed by atoms with Crippen molar-refractivity contribution in [3.05, 3.63) is 39.4 Å². The van der Waals surface area contributed by atoms with Crippen molar-refractivity contribution < 1.29 is 14.5 Å². The first-order valence-corrected chi connectivity index (χ1v) is 5.83. The van der Waals surface area contributed by atoms with Gasteiger partial charge in [-0.25, -0.2) is 0 Å². The van der Waals surface area contributed by atoms with Gasteiger partial charge in [-0.05, 0) is 18.9 Å². The lowest BCUT2D eigenvalue weighted by Gasteiger charge is -2.07. The fourth-order valence-corrected chi connectivity index (χ4v) is 1.96. The third-order valence-corrected chi connectivity index (χ3v) is 3.04. The van der Waals surface area contributed by atoms with E-state index in [2.05, 4.69) is 20.7 Å². The van der Waals surface area contributed by atoms with Crippen molar-refractivity contribution in [1.82, 2.24) is 0 Å². The van der Waals surface area contributed by atoms with Gasteiger partial charge in [-0.1, -0.05) is 28.1 Å². The molecule has 0 amide bonds. The lowest BCUT2D eigenvalue weighted by Crippen LogP contribution is -2.18. The predicted molar refractivity (Wildman–Crippen MR) is 66.3 cm³/mol. The standard InChI is InChI=1S/C11H12BrNO4/c1-7-3-4-8(6-10(7)13(15)16)5-9(12)11(14)17-2/h3-4,6,9H,5H2,1-2H3. The average Bonchev–Trinajstić information content (AvgIpc) is 2.30. The van der Waals surface area contributed by atoms with E-state index in [1.54, 1.807) is 19.1 Å². The Kier molecular flexibility index (Phi) is 4.62. The number of hydrogen-bond acceptors (Lipinski definition) is 4. The first kappa shape index (κ1) is 13.6. The Balaban J connectivity index is 2.90. The highest BCUT2D eigenvalue weighted by molar-refractivity contribution is 9.10. The van der Waals surface area contributed by atoms with Crippen LogP contribution in [0.25, 0.3) is 0 Å². The quantitative estimate of drug-likeness (QED) is 0.370. The van der Waals surface area contributed by atoms with Crippen LogP contribution in [-0.4, -0.2) is 22.8 Å². The van der Waals surface area contributed by atoms with Gasteiger partial charge < -0.3 is 4.74 Å². The molecule has 0 bridgehead atoms. The number of nitro benzene ring substituents is 1. The second-order valence-corrected chi connectivity index (χ2v) is 4.68. The summed E-state index contributed by atoms with van der Waals surface area (Å²) in [7, 11) is 1.30. The molecule has 1 aromatic carbocycles. The summed E-state index contributed by atoms with van der Waals surface area (Å²) in [5.41, 5.74) is 1.38. The van der Waals surface area contributed by atoms with Gasteiger partial charge in [0.25, 0.3) is 5.69 Å². The SMILES string of the molecule is COC(=O)C(Br)Cc1ccc(C)c([N+](=O)[O-])c1. The number of hydrogen-bond donors (Lipinski definition) is 0. The summed E-state index contributed by atoms with van der Waals surface area (Å²) in [4.78, 5) is 21.0. The Morgan fingerprint density at radius 2 is 2.24 bits per heavy atom. The number of nitrogens with zero attached hydrogens (tertiary/aromatic N) is 1. The maximum absolute atomic E-state index is 11.2. The third-order valence-electron chi connectivity index (χ3n) is 2.34. The third kappa shape index (κ3) is 3.52. The fraction of sp³-hybridized carbons (Fsp3) is 0.364. The summed E-state index contributed by atoms with van der Waals surface area (Å²) in [6.07, 6.45) is 0.355. The smallest absolute Gasteiger partial charge is 0.319 e. The minimum atomic E-state index is -0.491. The lowest BCUT2D eigenvalue weighted by molar-refractivity contribution is -0.385. The average molecular weight is 302 g/mol. The number of methoxy groups -OCH3 is 1. The van der Waals surface area contributed by atoms with Gasteiger partial charge in [0.1, 0.15) is 4.83 Å². The number of benzene rings is 1. The lowest BCUT2D eigenvalue weighted by atomic mass is 10.1. The molecule has 17 heavy (non-hydrogen) atoms. The molecule has 0 radical (unpaired) electrons. The molecule has 1 unspecified atom stereocenters. The fourth-order valence-electron chi connectivity index (χ4n) is 1.40. The van der Waals surface area contributed by atoms with Crippen LogP contribution >= 0.6 is 15.9 Å². The van der Waals surface area contributed by atoms with Crippen LogP contribution in [-0.2, 0) is 16.0 Å². The Morgan fingerprint density at radius 3 is 2.76 bits per heavy atom. The molecule has 0 N–H and O–H groups in total. The van der Waals surface area contributed by atoms with E-state index in [1.807, 2.05) is 0 Å². The number of alkyl halides is 1. The van der Waals surface area contributed by atoms with Crippen molar-refractivity contribution in [1.29, 1.82) is 0 Å². The second kappa shape index (κ2) is 5.77. The van der Waals surface area contributed by atoms with Gasteiger partial charge >= 0.3 is 5.97 Å². The highest BCUT2D eigenvalue weighted by Crippen LogP contribution is 2.21. The minimum absolute atomic E-state index is 0.0621. The van der Waals surface area contributed by atoms with Crippen molar-refractivity contribution in [2.75, 3.05) is 7.11 Å². The van der Waals surface area contributed by atoms with Crippen molar-refractivity contribution in [3.8, 4) is 0 Å². The topological polar surface area (TPSA) is 69.4 Å². The molecule has 6 heteroatoms. The van der Waals surface area contributed by atoms with E-state index in [0.29, 0.717) is 12.0 Å². The van der Waals surface area contributed by atoms with Crippen LogP contribution in [0.2, 0.25) is 0 Å². The first-order valence-electron chi connectivity index (χ1n) is 4.91. The van der Waals surface area contributed by atoms with Crippen molar-refractivity contribution in [2.24, 2.45) is 0 Å². The van der Waals surface area contributed by atoms with Crippen molar-refractivity contribution >= 4 is 27.6 Å². The van der Waals surface area contributed by atoms with Crippen LogP contribution in [0.1, 0.15) is 11.1 Å². The number of rotatable bonds is 4. The maximum Gasteiger partial charge on any atom is 0.319 e. The van der Waals surface area contributed by atoms with Gasteiger partial charge in [0.05, 0.1) is 12.0 Å². The van der Waals surface area contributed by atoms with E-state index in [9.17, 15) is 14.9 Å². The molecule has 0 aliphatic rings. The highest BCUT2D eigenvalue weighted by Gasteiger charge is 2.18. The molecule has 0 spiro atoms. The van der Waals surface area contributed by atoms with E-state index in [4.69, 9.17) is 0 Å². The van der Waals surface area contributed by atoms with Gasteiger partial charge in [0, 0.05) is 11.6 Å². The van der Waals surface area contributed by atoms with Crippen LogP contribution in [0, 0.1) is 17.0 Å². The molecule has 0 aliphatic heterocycles. The number of aryl methyl sites for hydroxylation is 1. The van der Waals surface area contributed by atoms with E-state index >= 15 is 0 Å². The molecule has 0 saturated heterocycles. The number of carbonyl (C=O) groups excluding carboxylic acids is 1. The Bertz CT molecular complexity index is 447. The van der Waals surface area contributed by atoms with Crippen molar-refractivity contribution in [2.45, 2.75) is 18.2 Å². The number of nitro groups is 1. The summed E-state index contributed by atoms with van der Waals surface area (Å²) >= 11 is 3.18. The molecule has 0 saturated carbocycles. The van der Waals surface area contributed by atoms with Crippen LogP contribution in [0.3, 0.4) is 0 Å². The van der Waals surface area contributed by atoms with Crippen LogP contribution < -0.4 is 0 Å². The van der Waals surface area contributed by atoms with E-state index < -0.39 is 15.7 Å². The zero-order valence-corrected chi connectivity index (χ0v) is 11.1. The van der Waals surface area contributed by atoms with Gasteiger partial charge in [-0.2, -0.15) is 0 Å². The monoisotopic (exact) mass is 301 g/mol. The van der Waals surface area contributed by atoms with Crippen molar-refractivity contribution in [3.63, 3.8) is 0 Å². The van der Waals surface area contributed by atoms with E-state index in [1.165, 1.54) is 13.2 Å². The summed E-state index contributed by atoms with van der Waals surface area (Å²) in [5, 5.41) is 10.8. The van der Waals surface area contributed by atoms with Gasteiger partial charge in [0.15, 0.2) is 0 Å². The molecule has 0 aromatic heterocycles. The maximum atomic E-state index is 11.2. The normalized spacial score (nSPS) is 11.9. The van der Waals surface area contributed by atoms with Crippen LogP contribution in [0.15, 0.2) is 18.2 Å².